The zero-order chi connectivity index (χ0) is 21.1. The van der Waals surface area contributed by atoms with Crippen LogP contribution in [0.1, 0.15) is 16.1 Å². The molecule has 7 nitrogen and oxygen atoms in total. The maximum Gasteiger partial charge on any atom is 0.291 e. The van der Waals surface area contributed by atoms with E-state index >= 15 is 0 Å². The molecule has 0 bridgehead atoms. The first-order chi connectivity index (χ1) is 14.5. The van der Waals surface area contributed by atoms with Crippen molar-refractivity contribution in [2.24, 2.45) is 0 Å². The van der Waals surface area contributed by atoms with E-state index in [1.54, 1.807) is 43.5 Å². The smallest absolute Gasteiger partial charge is 0.291 e. The minimum atomic E-state index is -0.348. The molecular formula is C21H16BrN3O4S. The molecule has 2 aromatic carbocycles. The average molecular weight is 486 g/mol. The number of halogens is 1. The van der Waals surface area contributed by atoms with Gasteiger partial charge in [0.25, 0.3) is 5.91 Å². The molecule has 0 radical (unpaired) electrons. The highest BCUT2D eigenvalue weighted by molar-refractivity contribution is 9.10. The first-order valence-corrected chi connectivity index (χ1v) is 10.5. The van der Waals surface area contributed by atoms with Crippen molar-refractivity contribution in [3.8, 4) is 5.75 Å². The minimum absolute atomic E-state index is 0.168. The number of carbonyl (C=O) groups is 2. The number of ether oxygens (including phenoxy) is 1. The first kappa shape index (κ1) is 20.1. The molecular weight excluding hydrogens is 470 g/mol. The summed E-state index contributed by atoms with van der Waals surface area (Å²) in [5.41, 5.74) is 2.23. The maximum atomic E-state index is 12.4. The Kier molecular flexibility index (Phi) is 5.82. The lowest BCUT2D eigenvalue weighted by molar-refractivity contribution is -0.115. The van der Waals surface area contributed by atoms with Crippen LogP contribution in [0.2, 0.25) is 0 Å². The van der Waals surface area contributed by atoms with E-state index in [1.165, 1.54) is 11.3 Å². The quantitative estimate of drug-likeness (QED) is 0.396. The van der Waals surface area contributed by atoms with Gasteiger partial charge in [-0.3, -0.25) is 9.59 Å². The van der Waals surface area contributed by atoms with Gasteiger partial charge in [0.1, 0.15) is 5.75 Å². The lowest BCUT2D eigenvalue weighted by Gasteiger charge is -2.05. The van der Waals surface area contributed by atoms with Crippen LogP contribution in [0.25, 0.3) is 10.2 Å². The number of furan rings is 1. The van der Waals surface area contributed by atoms with Gasteiger partial charge < -0.3 is 19.8 Å². The molecule has 152 valence electrons. The molecule has 30 heavy (non-hydrogen) atoms. The molecule has 2 N–H and O–H groups in total. The molecule has 2 amide bonds. The van der Waals surface area contributed by atoms with E-state index in [2.05, 4.69) is 31.5 Å². The molecule has 2 aromatic heterocycles. The Morgan fingerprint density at radius 1 is 1.10 bits per heavy atom. The summed E-state index contributed by atoms with van der Waals surface area (Å²) in [6.07, 6.45) is 0.193. The molecule has 0 aliphatic rings. The number of methoxy groups -OCH3 is 1. The largest absolute Gasteiger partial charge is 0.497 e. The number of aromatic nitrogens is 1. The number of fused-ring (bicyclic) bond motifs is 1. The predicted molar refractivity (Wildman–Crippen MR) is 119 cm³/mol. The summed E-state index contributed by atoms with van der Waals surface area (Å²) >= 11 is 4.56. The average Bonchev–Trinajstić information content (AvgIpc) is 3.34. The van der Waals surface area contributed by atoms with Crippen LogP contribution in [0.4, 0.5) is 10.8 Å². The van der Waals surface area contributed by atoms with Gasteiger partial charge in [0.15, 0.2) is 15.6 Å². The van der Waals surface area contributed by atoms with Gasteiger partial charge in [-0.25, -0.2) is 4.98 Å². The van der Waals surface area contributed by atoms with Crippen molar-refractivity contribution in [2.75, 3.05) is 17.7 Å². The number of amides is 2. The number of nitrogens with zero attached hydrogens (tertiary/aromatic N) is 1. The number of hydrogen-bond acceptors (Lipinski definition) is 6. The van der Waals surface area contributed by atoms with E-state index < -0.39 is 0 Å². The van der Waals surface area contributed by atoms with Gasteiger partial charge in [-0.15, -0.1) is 0 Å². The summed E-state index contributed by atoms with van der Waals surface area (Å²) in [5.74, 6) is 0.437. The Hall–Kier alpha value is -3.17. The summed E-state index contributed by atoms with van der Waals surface area (Å²) in [6, 6.07) is 15.9. The molecule has 0 fully saturated rings. The van der Waals surface area contributed by atoms with Crippen LogP contribution in [0.5, 0.6) is 5.75 Å². The molecule has 0 aliphatic carbocycles. The summed E-state index contributed by atoms with van der Waals surface area (Å²) in [7, 11) is 1.61. The Labute approximate surface area is 184 Å². The topological polar surface area (TPSA) is 93.5 Å². The van der Waals surface area contributed by atoms with E-state index in [1.807, 2.05) is 18.2 Å². The van der Waals surface area contributed by atoms with Crippen LogP contribution in [-0.4, -0.2) is 23.9 Å². The third-order valence-electron chi connectivity index (χ3n) is 4.22. The van der Waals surface area contributed by atoms with Crippen molar-refractivity contribution >= 4 is 60.1 Å². The molecule has 9 heteroatoms. The second kappa shape index (κ2) is 8.68. The van der Waals surface area contributed by atoms with Gasteiger partial charge in [0.05, 0.1) is 23.7 Å². The Bertz CT molecular complexity index is 1220. The molecule has 2 heterocycles. The predicted octanol–water partition coefficient (Wildman–Crippen LogP) is 5.09. The van der Waals surface area contributed by atoms with Crippen LogP contribution in [-0.2, 0) is 11.2 Å². The second-order valence-electron chi connectivity index (χ2n) is 6.33. The highest BCUT2D eigenvalue weighted by atomic mass is 79.9. The standard InChI is InChI=1S/C21H16BrN3O4S/c1-28-14-6-7-15-17(11-14)30-21(24-15)25-19(26)10-12-2-4-13(5-3-12)23-20(27)16-8-9-18(22)29-16/h2-9,11H,10H2,1H3,(H,23,27)(H,24,25,26). The Morgan fingerprint density at radius 3 is 2.60 bits per heavy atom. The monoisotopic (exact) mass is 485 g/mol. The molecule has 0 saturated carbocycles. The van der Waals surface area contributed by atoms with Crippen LogP contribution in [0, 0.1) is 0 Å². The number of benzene rings is 2. The number of carbonyl (C=O) groups excluding carboxylic acids is 2. The van der Waals surface area contributed by atoms with Crippen LogP contribution >= 0.6 is 27.3 Å². The minimum Gasteiger partial charge on any atom is -0.497 e. The fraction of sp³-hybridized carbons (Fsp3) is 0.0952. The number of hydrogen-bond donors (Lipinski definition) is 2. The van der Waals surface area contributed by atoms with E-state index in [0.717, 1.165) is 21.5 Å². The SMILES string of the molecule is COc1ccc2nc(NC(=O)Cc3ccc(NC(=O)c4ccc(Br)o4)cc3)sc2c1. The Morgan fingerprint density at radius 2 is 1.90 bits per heavy atom. The summed E-state index contributed by atoms with van der Waals surface area (Å²) in [4.78, 5) is 28.9. The molecule has 0 aliphatic heterocycles. The van der Waals surface area contributed by atoms with E-state index in [9.17, 15) is 9.59 Å². The van der Waals surface area contributed by atoms with Gasteiger partial charge in [0, 0.05) is 5.69 Å². The summed E-state index contributed by atoms with van der Waals surface area (Å²) in [6.45, 7) is 0. The summed E-state index contributed by atoms with van der Waals surface area (Å²) in [5, 5.41) is 6.11. The number of nitrogens with one attached hydrogen (secondary N) is 2. The fourth-order valence-electron chi connectivity index (χ4n) is 2.77. The fourth-order valence-corrected chi connectivity index (χ4v) is 3.99. The van der Waals surface area contributed by atoms with Crippen LogP contribution < -0.4 is 15.4 Å². The van der Waals surface area contributed by atoms with Crippen LogP contribution in [0.3, 0.4) is 0 Å². The van der Waals surface area contributed by atoms with Crippen LogP contribution in [0.15, 0.2) is 63.7 Å². The van der Waals surface area contributed by atoms with E-state index in [4.69, 9.17) is 9.15 Å². The van der Waals surface area contributed by atoms with E-state index in [0.29, 0.717) is 15.5 Å². The highest BCUT2D eigenvalue weighted by Crippen LogP contribution is 2.29. The second-order valence-corrected chi connectivity index (χ2v) is 8.14. The maximum absolute atomic E-state index is 12.4. The lowest BCUT2D eigenvalue weighted by Crippen LogP contribution is -2.14. The lowest BCUT2D eigenvalue weighted by atomic mass is 10.1. The van der Waals surface area contributed by atoms with Crippen molar-refractivity contribution in [2.45, 2.75) is 6.42 Å². The Balaban J connectivity index is 1.36. The zero-order valence-corrected chi connectivity index (χ0v) is 18.2. The van der Waals surface area contributed by atoms with Gasteiger partial charge in [-0.2, -0.15) is 0 Å². The third-order valence-corrected chi connectivity index (χ3v) is 5.58. The first-order valence-electron chi connectivity index (χ1n) is 8.90. The molecule has 4 aromatic rings. The van der Waals surface area contributed by atoms with Crippen molar-refractivity contribution in [1.29, 1.82) is 0 Å². The number of thiazole rings is 1. The molecule has 0 saturated heterocycles. The van der Waals surface area contributed by atoms with Gasteiger partial charge >= 0.3 is 0 Å². The number of rotatable bonds is 6. The molecule has 0 unspecified atom stereocenters. The van der Waals surface area contributed by atoms with Crippen molar-refractivity contribution in [3.63, 3.8) is 0 Å². The van der Waals surface area contributed by atoms with Gasteiger partial charge in [0.2, 0.25) is 5.91 Å². The van der Waals surface area contributed by atoms with E-state index in [-0.39, 0.29) is 24.0 Å². The molecule has 0 spiro atoms. The summed E-state index contributed by atoms with van der Waals surface area (Å²) < 4.78 is 11.9. The van der Waals surface area contributed by atoms with Gasteiger partial charge in [-0.1, -0.05) is 23.5 Å². The van der Waals surface area contributed by atoms with Crippen molar-refractivity contribution in [3.05, 3.63) is 70.6 Å². The van der Waals surface area contributed by atoms with Gasteiger partial charge in [-0.05, 0) is 64.0 Å². The molecule has 0 atom stereocenters. The number of anilines is 2. The van der Waals surface area contributed by atoms with Crippen molar-refractivity contribution < 1.29 is 18.7 Å². The zero-order valence-electron chi connectivity index (χ0n) is 15.8. The van der Waals surface area contributed by atoms with Crippen molar-refractivity contribution in [1.82, 2.24) is 4.98 Å². The third kappa shape index (κ3) is 4.69. The normalized spacial score (nSPS) is 10.7. The highest BCUT2D eigenvalue weighted by Gasteiger charge is 2.12. The molecule has 4 rings (SSSR count).